The molecule has 10 heteroatoms. The van der Waals surface area contributed by atoms with Crippen LogP contribution in [-0.2, 0) is 11.3 Å². The second kappa shape index (κ2) is 8.50. The van der Waals surface area contributed by atoms with Gasteiger partial charge >= 0.3 is 5.69 Å². The smallest absolute Gasteiger partial charge is 0.353 e. The van der Waals surface area contributed by atoms with E-state index in [9.17, 15) is 14.0 Å². The van der Waals surface area contributed by atoms with Crippen LogP contribution in [0.3, 0.4) is 0 Å². The summed E-state index contributed by atoms with van der Waals surface area (Å²) in [5, 5.41) is 10.0. The Morgan fingerprint density at radius 2 is 1.94 bits per heavy atom. The highest BCUT2D eigenvalue weighted by molar-refractivity contribution is 5.90. The number of anilines is 3. The number of benzene rings is 2. The second-order valence-corrected chi connectivity index (χ2v) is 7.22. The minimum absolute atomic E-state index is 0.218. The van der Waals surface area contributed by atoms with Crippen molar-refractivity contribution in [2.45, 2.75) is 20.4 Å². The van der Waals surface area contributed by atoms with Crippen LogP contribution in [0.1, 0.15) is 11.3 Å². The van der Waals surface area contributed by atoms with Gasteiger partial charge < -0.3 is 15.4 Å². The van der Waals surface area contributed by atoms with Gasteiger partial charge in [-0.15, -0.1) is 5.10 Å². The third kappa shape index (κ3) is 4.29. The van der Waals surface area contributed by atoms with Crippen molar-refractivity contribution in [3.05, 3.63) is 76.1 Å². The van der Waals surface area contributed by atoms with E-state index >= 15 is 0 Å². The van der Waals surface area contributed by atoms with E-state index in [0.717, 1.165) is 4.68 Å². The number of amides is 1. The summed E-state index contributed by atoms with van der Waals surface area (Å²) in [5.41, 5.74) is 1.98. The molecule has 9 nitrogen and oxygen atoms in total. The highest BCUT2D eigenvalue weighted by atomic mass is 19.1. The molecule has 0 aliphatic carbocycles. The molecule has 32 heavy (non-hydrogen) atoms. The molecule has 0 unspecified atom stereocenters. The fourth-order valence-electron chi connectivity index (χ4n) is 3.23. The number of carbonyl (C=O) groups excluding carboxylic acids is 1. The molecule has 0 aliphatic heterocycles. The predicted octanol–water partition coefficient (Wildman–Crippen LogP) is 3.04. The molecular formula is C22H21FN6O3. The number of ether oxygens (including phenoxy) is 1. The molecule has 0 aliphatic rings. The average Bonchev–Trinajstić information content (AvgIpc) is 3.05. The SMILES string of the molecule is COc1cccc(NC(=O)Cn2nc3cc(C)nc(Nc4ccc(F)c(C)c4)n3c2=O)c1. The number of nitrogens with zero attached hydrogens (tertiary/aromatic N) is 4. The van der Waals surface area contributed by atoms with E-state index in [0.29, 0.717) is 34.0 Å². The Balaban J connectivity index is 1.63. The first-order chi connectivity index (χ1) is 15.3. The minimum Gasteiger partial charge on any atom is -0.497 e. The standard InChI is InChI=1S/C22H21FN6O3/c1-13-9-16(7-8-18(13)23)26-21-24-14(2)10-19-27-28(22(31)29(19)21)12-20(30)25-15-5-4-6-17(11-15)32-3/h4-11H,12H2,1-3H3,(H,24,26)(H,25,30). The number of halogens is 1. The van der Waals surface area contributed by atoms with E-state index in [2.05, 4.69) is 20.7 Å². The van der Waals surface area contributed by atoms with Gasteiger partial charge in [-0.2, -0.15) is 0 Å². The average molecular weight is 436 g/mol. The largest absolute Gasteiger partial charge is 0.497 e. The Kier molecular flexibility index (Phi) is 5.59. The van der Waals surface area contributed by atoms with E-state index < -0.39 is 11.6 Å². The first-order valence-corrected chi connectivity index (χ1v) is 9.78. The van der Waals surface area contributed by atoms with Crippen LogP contribution in [0.25, 0.3) is 5.65 Å². The first-order valence-electron chi connectivity index (χ1n) is 9.78. The van der Waals surface area contributed by atoms with Crippen molar-refractivity contribution in [3.63, 3.8) is 0 Å². The van der Waals surface area contributed by atoms with Gasteiger partial charge in [-0.05, 0) is 49.7 Å². The number of hydrogen-bond acceptors (Lipinski definition) is 6. The van der Waals surface area contributed by atoms with Crippen molar-refractivity contribution in [3.8, 4) is 5.75 Å². The summed E-state index contributed by atoms with van der Waals surface area (Å²) >= 11 is 0. The molecular weight excluding hydrogens is 415 g/mol. The Bertz CT molecular complexity index is 1380. The number of hydrogen-bond donors (Lipinski definition) is 2. The zero-order valence-corrected chi connectivity index (χ0v) is 17.7. The Hall–Kier alpha value is -4.21. The van der Waals surface area contributed by atoms with Gasteiger partial charge in [0.05, 0.1) is 7.11 Å². The second-order valence-electron chi connectivity index (χ2n) is 7.22. The number of carbonyl (C=O) groups is 1. The number of nitrogens with one attached hydrogen (secondary N) is 2. The quantitative estimate of drug-likeness (QED) is 0.482. The van der Waals surface area contributed by atoms with Gasteiger partial charge in [0.2, 0.25) is 11.9 Å². The monoisotopic (exact) mass is 436 g/mol. The zero-order chi connectivity index (χ0) is 22.8. The van der Waals surface area contributed by atoms with Crippen molar-refractivity contribution in [1.82, 2.24) is 19.2 Å². The van der Waals surface area contributed by atoms with E-state index in [1.54, 1.807) is 56.3 Å². The van der Waals surface area contributed by atoms with E-state index in [1.165, 1.54) is 17.6 Å². The molecule has 0 atom stereocenters. The van der Waals surface area contributed by atoms with Gasteiger partial charge in [-0.3, -0.25) is 4.79 Å². The van der Waals surface area contributed by atoms with Gasteiger partial charge in [0.1, 0.15) is 18.1 Å². The van der Waals surface area contributed by atoms with Crippen LogP contribution < -0.4 is 21.1 Å². The predicted molar refractivity (Wildman–Crippen MR) is 118 cm³/mol. The van der Waals surface area contributed by atoms with Crippen LogP contribution in [0.2, 0.25) is 0 Å². The maximum absolute atomic E-state index is 13.6. The molecule has 164 valence electrons. The van der Waals surface area contributed by atoms with Gasteiger partial charge in [0.15, 0.2) is 5.65 Å². The van der Waals surface area contributed by atoms with Crippen LogP contribution in [0.4, 0.5) is 21.7 Å². The third-order valence-electron chi connectivity index (χ3n) is 4.76. The Labute approximate surface area is 182 Å². The molecule has 0 radical (unpaired) electrons. The molecule has 2 aromatic heterocycles. The number of fused-ring (bicyclic) bond motifs is 1. The summed E-state index contributed by atoms with van der Waals surface area (Å²) in [6, 6.07) is 13.0. The lowest BCUT2D eigenvalue weighted by Crippen LogP contribution is -2.29. The first kappa shape index (κ1) is 21.0. The van der Waals surface area contributed by atoms with Crippen molar-refractivity contribution in [1.29, 1.82) is 0 Å². The molecule has 0 saturated carbocycles. The third-order valence-corrected chi connectivity index (χ3v) is 4.76. The summed E-state index contributed by atoms with van der Waals surface area (Å²) in [6.45, 7) is 3.12. The summed E-state index contributed by atoms with van der Waals surface area (Å²) in [4.78, 5) is 29.9. The molecule has 0 saturated heterocycles. The molecule has 2 heterocycles. The van der Waals surface area contributed by atoms with Gasteiger partial charge in [-0.1, -0.05) is 6.07 Å². The lowest BCUT2D eigenvalue weighted by Gasteiger charge is -2.09. The van der Waals surface area contributed by atoms with Crippen molar-refractivity contribution in [2.75, 3.05) is 17.7 Å². The molecule has 4 aromatic rings. The highest BCUT2D eigenvalue weighted by Crippen LogP contribution is 2.19. The number of rotatable bonds is 6. The maximum Gasteiger partial charge on any atom is 0.353 e. The van der Waals surface area contributed by atoms with E-state index in [4.69, 9.17) is 4.74 Å². The van der Waals surface area contributed by atoms with Crippen LogP contribution in [0.5, 0.6) is 5.75 Å². The molecule has 2 aromatic carbocycles. The van der Waals surface area contributed by atoms with Gasteiger partial charge in [0, 0.05) is 29.2 Å². The molecule has 0 spiro atoms. The number of aryl methyl sites for hydroxylation is 2. The zero-order valence-electron chi connectivity index (χ0n) is 17.7. The van der Waals surface area contributed by atoms with Crippen LogP contribution in [0, 0.1) is 19.7 Å². The topological polar surface area (TPSA) is 103 Å². The maximum atomic E-state index is 13.6. The molecule has 0 fully saturated rings. The molecule has 4 rings (SSSR count). The molecule has 2 N–H and O–H groups in total. The van der Waals surface area contributed by atoms with Gasteiger partial charge in [-0.25, -0.2) is 23.3 Å². The van der Waals surface area contributed by atoms with Crippen molar-refractivity contribution >= 4 is 28.9 Å². The van der Waals surface area contributed by atoms with Crippen molar-refractivity contribution in [2.24, 2.45) is 0 Å². The minimum atomic E-state index is -0.533. The summed E-state index contributed by atoms with van der Waals surface area (Å²) in [5.74, 6) is 0.0681. The normalized spacial score (nSPS) is 10.9. The van der Waals surface area contributed by atoms with Crippen LogP contribution >= 0.6 is 0 Å². The lowest BCUT2D eigenvalue weighted by molar-refractivity contribution is -0.117. The Morgan fingerprint density at radius 3 is 2.69 bits per heavy atom. The molecule has 1 amide bonds. The van der Waals surface area contributed by atoms with Crippen LogP contribution in [0.15, 0.2) is 53.3 Å². The Morgan fingerprint density at radius 1 is 1.12 bits per heavy atom. The number of aromatic nitrogens is 4. The summed E-state index contributed by atoms with van der Waals surface area (Å²) < 4.78 is 21.1. The summed E-state index contributed by atoms with van der Waals surface area (Å²) in [7, 11) is 1.53. The van der Waals surface area contributed by atoms with Crippen molar-refractivity contribution < 1.29 is 13.9 Å². The van der Waals surface area contributed by atoms with Crippen LogP contribution in [-0.4, -0.2) is 32.2 Å². The van der Waals surface area contributed by atoms with Gasteiger partial charge in [0.25, 0.3) is 0 Å². The lowest BCUT2D eigenvalue weighted by atomic mass is 10.2. The fraction of sp³-hybridized carbons (Fsp3) is 0.182. The highest BCUT2D eigenvalue weighted by Gasteiger charge is 2.16. The molecule has 0 bridgehead atoms. The summed E-state index contributed by atoms with van der Waals surface area (Å²) in [6.07, 6.45) is 0. The number of methoxy groups -OCH3 is 1. The van der Waals surface area contributed by atoms with E-state index in [1.807, 2.05) is 0 Å². The van der Waals surface area contributed by atoms with E-state index in [-0.39, 0.29) is 18.3 Å². The fourth-order valence-corrected chi connectivity index (χ4v) is 3.23.